The molecule has 1 rings (SSSR count). The fourth-order valence-corrected chi connectivity index (χ4v) is 1.44. The maximum atomic E-state index is 10.2. The van der Waals surface area contributed by atoms with Crippen molar-refractivity contribution in [3.8, 4) is 0 Å². The highest BCUT2D eigenvalue weighted by Crippen LogP contribution is 2.32. The van der Waals surface area contributed by atoms with Gasteiger partial charge in [-0.1, -0.05) is 34.8 Å². The molecule has 0 unspecified atom stereocenters. The van der Waals surface area contributed by atoms with Gasteiger partial charge in [-0.15, -0.1) is 0 Å². The average Bonchev–Trinajstić information content (AvgIpc) is 2.13. The summed E-state index contributed by atoms with van der Waals surface area (Å²) in [5.41, 5.74) is 0.489. The van der Waals surface area contributed by atoms with Crippen molar-refractivity contribution < 1.29 is 9.90 Å². The van der Waals surface area contributed by atoms with Crippen LogP contribution in [0.2, 0.25) is 15.1 Å². The Balaban J connectivity index is 2.86. The van der Waals surface area contributed by atoms with Crippen LogP contribution in [-0.2, 0) is 4.79 Å². The van der Waals surface area contributed by atoms with E-state index >= 15 is 0 Å². The Hall–Kier alpha value is -0.900. The fourth-order valence-electron chi connectivity index (χ4n) is 0.836. The summed E-state index contributed by atoms with van der Waals surface area (Å²) in [5.74, 6) is -1.06. The molecule has 0 aliphatic carbocycles. The maximum Gasteiger partial charge on any atom is 0.329 e. The highest BCUT2D eigenvalue weighted by atomic mass is 35.5. The first kappa shape index (κ1) is 12.2. The van der Waals surface area contributed by atoms with Gasteiger partial charge < -0.3 is 10.4 Å². The number of carboxylic acids is 1. The Kier molecular flexibility index (Phi) is 4.27. The molecule has 0 heterocycles. The van der Waals surface area contributed by atoms with Gasteiger partial charge in [0.15, 0.2) is 0 Å². The van der Waals surface area contributed by atoms with E-state index in [-0.39, 0.29) is 0 Å². The van der Waals surface area contributed by atoms with Crippen LogP contribution >= 0.6 is 34.8 Å². The van der Waals surface area contributed by atoms with E-state index < -0.39 is 5.97 Å². The van der Waals surface area contributed by atoms with Crippen LogP contribution in [0.5, 0.6) is 0 Å². The molecule has 0 spiro atoms. The lowest BCUT2D eigenvalue weighted by molar-refractivity contribution is -0.131. The van der Waals surface area contributed by atoms with E-state index in [1.165, 1.54) is 18.3 Å². The van der Waals surface area contributed by atoms with Gasteiger partial charge in [-0.05, 0) is 12.1 Å². The van der Waals surface area contributed by atoms with Crippen LogP contribution in [0.15, 0.2) is 24.4 Å². The van der Waals surface area contributed by atoms with Crippen molar-refractivity contribution in [2.24, 2.45) is 0 Å². The Bertz CT molecular complexity index is 418. The monoisotopic (exact) mass is 265 g/mol. The second-order valence-electron chi connectivity index (χ2n) is 2.56. The van der Waals surface area contributed by atoms with Crippen molar-refractivity contribution in [1.29, 1.82) is 0 Å². The molecule has 0 fully saturated rings. The molecule has 0 atom stereocenters. The van der Waals surface area contributed by atoms with Crippen molar-refractivity contribution in [2.75, 3.05) is 5.32 Å². The van der Waals surface area contributed by atoms with Crippen LogP contribution in [0.4, 0.5) is 5.69 Å². The number of hydrogen-bond acceptors (Lipinski definition) is 2. The van der Waals surface area contributed by atoms with Crippen LogP contribution < -0.4 is 5.32 Å². The zero-order chi connectivity index (χ0) is 11.4. The summed E-state index contributed by atoms with van der Waals surface area (Å²) in [5, 5.41) is 12.1. The number of halogens is 3. The van der Waals surface area contributed by atoms with Gasteiger partial charge in [0.25, 0.3) is 0 Å². The molecule has 0 saturated heterocycles. The normalized spacial score (nSPS) is 10.6. The largest absolute Gasteiger partial charge is 0.478 e. The maximum absolute atomic E-state index is 10.2. The SMILES string of the molecule is O=C(O)/C=C/Nc1cc(Cl)c(Cl)cc1Cl. The molecule has 0 aliphatic rings. The number of hydrogen-bond donors (Lipinski definition) is 2. The number of aliphatic carboxylic acids is 1. The Labute approximate surface area is 101 Å². The van der Waals surface area contributed by atoms with Gasteiger partial charge in [-0.25, -0.2) is 4.79 Å². The lowest BCUT2D eigenvalue weighted by atomic mass is 10.3. The Morgan fingerprint density at radius 3 is 2.40 bits per heavy atom. The van der Waals surface area contributed by atoms with E-state index in [2.05, 4.69) is 5.32 Å². The van der Waals surface area contributed by atoms with Crippen molar-refractivity contribution in [3.05, 3.63) is 39.5 Å². The van der Waals surface area contributed by atoms with Gasteiger partial charge in [0.1, 0.15) is 0 Å². The second kappa shape index (κ2) is 5.26. The molecule has 15 heavy (non-hydrogen) atoms. The first-order valence-electron chi connectivity index (χ1n) is 3.81. The summed E-state index contributed by atoms with van der Waals surface area (Å²) in [4.78, 5) is 10.2. The van der Waals surface area contributed by atoms with Gasteiger partial charge in [-0.2, -0.15) is 0 Å². The van der Waals surface area contributed by atoms with Crippen molar-refractivity contribution in [1.82, 2.24) is 0 Å². The van der Waals surface area contributed by atoms with Gasteiger partial charge in [0.2, 0.25) is 0 Å². The molecule has 6 heteroatoms. The minimum absolute atomic E-state index is 0.340. The lowest BCUT2D eigenvalue weighted by Crippen LogP contribution is -1.93. The first-order valence-corrected chi connectivity index (χ1v) is 4.94. The molecule has 0 radical (unpaired) electrons. The lowest BCUT2D eigenvalue weighted by Gasteiger charge is -2.05. The number of rotatable bonds is 3. The van der Waals surface area contributed by atoms with Crippen molar-refractivity contribution in [2.45, 2.75) is 0 Å². The summed E-state index contributed by atoms with van der Waals surface area (Å²) in [6, 6.07) is 2.99. The summed E-state index contributed by atoms with van der Waals surface area (Å²) in [6.45, 7) is 0. The molecular weight excluding hydrogens is 260 g/mol. The molecule has 80 valence electrons. The van der Waals surface area contributed by atoms with Crippen LogP contribution in [-0.4, -0.2) is 11.1 Å². The molecule has 2 N–H and O–H groups in total. The van der Waals surface area contributed by atoms with Crippen LogP contribution in [0.3, 0.4) is 0 Å². The van der Waals surface area contributed by atoms with Gasteiger partial charge in [0, 0.05) is 12.3 Å². The predicted molar refractivity (Wildman–Crippen MR) is 61.9 cm³/mol. The van der Waals surface area contributed by atoms with E-state index in [0.717, 1.165) is 6.08 Å². The van der Waals surface area contributed by atoms with Gasteiger partial charge in [-0.3, -0.25) is 0 Å². The van der Waals surface area contributed by atoms with Crippen LogP contribution in [0.25, 0.3) is 0 Å². The highest BCUT2D eigenvalue weighted by molar-refractivity contribution is 6.44. The third-order valence-electron chi connectivity index (χ3n) is 1.47. The third-order valence-corrected chi connectivity index (χ3v) is 2.51. The van der Waals surface area contributed by atoms with E-state index in [4.69, 9.17) is 39.9 Å². The third kappa shape index (κ3) is 3.63. The summed E-state index contributed by atoms with van der Waals surface area (Å²) in [6.07, 6.45) is 2.19. The zero-order valence-corrected chi connectivity index (χ0v) is 9.57. The molecule has 0 saturated carbocycles. The second-order valence-corrected chi connectivity index (χ2v) is 3.78. The average molecular weight is 267 g/mol. The van der Waals surface area contributed by atoms with E-state index in [9.17, 15) is 4.79 Å². The van der Waals surface area contributed by atoms with Crippen LogP contribution in [0, 0.1) is 0 Å². The van der Waals surface area contributed by atoms with E-state index in [0.29, 0.717) is 20.8 Å². The minimum atomic E-state index is -1.06. The summed E-state index contributed by atoms with van der Waals surface area (Å²) in [7, 11) is 0. The highest BCUT2D eigenvalue weighted by Gasteiger charge is 2.04. The standard InChI is InChI=1S/C9H6Cl3NO2/c10-5-3-7(12)8(4-6(5)11)13-2-1-9(14)15/h1-4,13H,(H,14,15)/b2-1+. The van der Waals surface area contributed by atoms with Gasteiger partial charge in [0.05, 0.1) is 20.8 Å². The molecule has 0 aliphatic heterocycles. The van der Waals surface area contributed by atoms with Crippen molar-refractivity contribution >= 4 is 46.5 Å². The predicted octanol–water partition coefficient (Wildman–Crippen LogP) is 3.66. The molecule has 0 amide bonds. The number of anilines is 1. The summed E-state index contributed by atoms with van der Waals surface area (Å²) < 4.78 is 0. The summed E-state index contributed by atoms with van der Waals surface area (Å²) >= 11 is 17.3. The number of nitrogens with one attached hydrogen (secondary N) is 1. The topological polar surface area (TPSA) is 49.3 Å². The smallest absolute Gasteiger partial charge is 0.329 e. The van der Waals surface area contributed by atoms with E-state index in [1.54, 1.807) is 0 Å². The quantitative estimate of drug-likeness (QED) is 0.648. The molecule has 1 aromatic carbocycles. The fraction of sp³-hybridized carbons (Fsp3) is 0. The first-order chi connectivity index (χ1) is 7.00. The number of carboxylic acid groups (broad SMARTS) is 1. The van der Waals surface area contributed by atoms with Crippen LogP contribution in [0.1, 0.15) is 0 Å². The van der Waals surface area contributed by atoms with Crippen molar-refractivity contribution in [3.63, 3.8) is 0 Å². The molecule has 3 nitrogen and oxygen atoms in total. The Morgan fingerprint density at radius 1 is 1.20 bits per heavy atom. The number of benzene rings is 1. The Morgan fingerprint density at radius 2 is 1.80 bits per heavy atom. The van der Waals surface area contributed by atoms with Gasteiger partial charge >= 0.3 is 5.97 Å². The molecule has 0 bridgehead atoms. The zero-order valence-electron chi connectivity index (χ0n) is 7.30. The molecular formula is C9H6Cl3NO2. The molecule has 0 aromatic heterocycles. The minimum Gasteiger partial charge on any atom is -0.478 e. The van der Waals surface area contributed by atoms with E-state index in [1.807, 2.05) is 0 Å². The molecule has 1 aromatic rings. The number of carbonyl (C=O) groups is 1.